The Bertz CT molecular complexity index is 1480. The van der Waals surface area contributed by atoms with Gasteiger partial charge in [0, 0.05) is 17.7 Å². The molecule has 1 aliphatic rings. The van der Waals surface area contributed by atoms with Crippen LogP contribution in [-0.2, 0) is 4.79 Å². The molecule has 0 unspecified atom stereocenters. The minimum atomic E-state index is -0.835. The third-order valence-electron chi connectivity index (χ3n) is 5.03. The maximum atomic E-state index is 14.0. The van der Waals surface area contributed by atoms with Gasteiger partial charge in [-0.25, -0.2) is 4.98 Å². The Morgan fingerprint density at radius 1 is 1.21 bits per heavy atom. The standard InChI is InChI=1S/C24H16ClFN4O7S/c1-2-36-19-9-13(3-8-18(19)37-21-16(26)11-27-23(25)28-21)10-20-22(32)29(24(33)38-20)12-17(31)14-4-6-15(7-5-14)30(34)35/h3-11H,2,12H2,1H3/b20-10+. The fourth-order valence-corrected chi connectivity index (χ4v) is 4.23. The molecule has 4 rings (SSSR count). The summed E-state index contributed by atoms with van der Waals surface area (Å²) in [6.45, 7) is 1.45. The van der Waals surface area contributed by atoms with E-state index in [0.717, 1.165) is 23.2 Å². The maximum absolute atomic E-state index is 14.0. The third kappa shape index (κ3) is 5.95. The number of hydrogen-bond donors (Lipinski definition) is 0. The Morgan fingerprint density at radius 3 is 2.63 bits per heavy atom. The van der Waals surface area contributed by atoms with Crippen LogP contribution in [0.2, 0.25) is 5.28 Å². The number of carbonyl (C=O) groups excluding carboxylic acids is 3. The Labute approximate surface area is 223 Å². The van der Waals surface area contributed by atoms with Crippen molar-refractivity contribution < 1.29 is 33.2 Å². The van der Waals surface area contributed by atoms with Gasteiger partial charge >= 0.3 is 0 Å². The summed E-state index contributed by atoms with van der Waals surface area (Å²) in [5.74, 6) is -2.13. The number of hydrogen-bond acceptors (Lipinski definition) is 10. The van der Waals surface area contributed by atoms with Crippen molar-refractivity contribution in [2.45, 2.75) is 6.92 Å². The van der Waals surface area contributed by atoms with Gasteiger partial charge in [0.05, 0.1) is 29.2 Å². The molecule has 194 valence electrons. The van der Waals surface area contributed by atoms with Crippen LogP contribution in [0, 0.1) is 15.9 Å². The van der Waals surface area contributed by atoms with Gasteiger partial charge in [-0.15, -0.1) is 0 Å². The molecule has 2 heterocycles. The van der Waals surface area contributed by atoms with Gasteiger partial charge in [-0.1, -0.05) is 6.07 Å². The zero-order valence-corrected chi connectivity index (χ0v) is 21.0. The van der Waals surface area contributed by atoms with Crippen molar-refractivity contribution in [3.05, 3.63) is 85.9 Å². The summed E-state index contributed by atoms with van der Waals surface area (Å²) in [5, 5.41) is 9.94. The summed E-state index contributed by atoms with van der Waals surface area (Å²) < 4.78 is 25.1. The lowest BCUT2D eigenvalue weighted by atomic mass is 10.1. The number of aromatic nitrogens is 2. The van der Waals surface area contributed by atoms with Gasteiger partial charge in [-0.05, 0) is 66.2 Å². The average molecular weight is 559 g/mol. The molecule has 2 aromatic carbocycles. The Morgan fingerprint density at radius 2 is 1.95 bits per heavy atom. The van der Waals surface area contributed by atoms with Crippen LogP contribution in [0.1, 0.15) is 22.8 Å². The van der Waals surface area contributed by atoms with Gasteiger partial charge in [0.2, 0.25) is 11.1 Å². The highest BCUT2D eigenvalue weighted by molar-refractivity contribution is 8.18. The Balaban J connectivity index is 1.52. The molecule has 1 fully saturated rings. The van der Waals surface area contributed by atoms with Crippen LogP contribution < -0.4 is 9.47 Å². The van der Waals surface area contributed by atoms with Gasteiger partial charge in [0.25, 0.3) is 22.7 Å². The number of carbonyl (C=O) groups is 3. The number of rotatable bonds is 9. The van der Waals surface area contributed by atoms with E-state index in [-0.39, 0.29) is 39.5 Å². The van der Waals surface area contributed by atoms with Gasteiger partial charge in [-0.2, -0.15) is 9.37 Å². The molecule has 0 aliphatic carbocycles. The number of thioether (sulfide) groups is 1. The molecule has 1 aromatic heterocycles. The third-order valence-corrected chi connectivity index (χ3v) is 6.12. The second-order valence-electron chi connectivity index (χ2n) is 7.53. The molecule has 0 spiro atoms. The fraction of sp³-hybridized carbons (Fsp3) is 0.125. The lowest BCUT2D eigenvalue weighted by Gasteiger charge is -2.12. The van der Waals surface area contributed by atoms with Gasteiger partial charge in [0.1, 0.15) is 0 Å². The molecule has 11 nitrogen and oxygen atoms in total. The summed E-state index contributed by atoms with van der Waals surface area (Å²) in [7, 11) is 0. The highest BCUT2D eigenvalue weighted by atomic mass is 35.5. The molecule has 0 atom stereocenters. The van der Waals surface area contributed by atoms with Gasteiger partial charge in [-0.3, -0.25) is 29.4 Å². The molecule has 2 amide bonds. The number of non-ortho nitro benzene ring substituents is 1. The first-order valence-corrected chi connectivity index (χ1v) is 12.0. The number of halogens is 2. The highest BCUT2D eigenvalue weighted by Gasteiger charge is 2.36. The van der Waals surface area contributed by atoms with E-state index < -0.39 is 40.1 Å². The van der Waals surface area contributed by atoms with E-state index in [0.29, 0.717) is 17.3 Å². The molecule has 1 saturated heterocycles. The SMILES string of the molecule is CCOc1cc(/C=C2/SC(=O)N(CC(=O)c3ccc([N+](=O)[O-])cc3)C2=O)ccc1Oc1nc(Cl)ncc1F. The largest absolute Gasteiger partial charge is 0.490 e. The van der Waals surface area contributed by atoms with E-state index in [1.54, 1.807) is 13.0 Å². The molecule has 14 heteroatoms. The predicted octanol–water partition coefficient (Wildman–Crippen LogP) is 5.29. The van der Waals surface area contributed by atoms with Crippen molar-refractivity contribution in [2.24, 2.45) is 0 Å². The normalized spacial score (nSPS) is 14.2. The second kappa shape index (κ2) is 11.4. The number of nitrogens with zero attached hydrogens (tertiary/aromatic N) is 4. The van der Waals surface area contributed by atoms with Crippen molar-refractivity contribution in [3.63, 3.8) is 0 Å². The van der Waals surface area contributed by atoms with Gasteiger partial charge in [0.15, 0.2) is 17.3 Å². The number of Topliss-reactive ketones (excluding diaryl/α,β-unsaturated/α-hetero) is 1. The number of amides is 2. The first-order valence-electron chi connectivity index (χ1n) is 10.8. The summed E-state index contributed by atoms with van der Waals surface area (Å²) >= 11 is 6.36. The number of imide groups is 1. The van der Waals surface area contributed by atoms with Crippen molar-refractivity contribution in [2.75, 3.05) is 13.2 Å². The number of benzene rings is 2. The molecule has 0 radical (unpaired) electrons. The fourth-order valence-electron chi connectivity index (χ4n) is 3.27. The molecule has 3 aromatic rings. The van der Waals surface area contributed by atoms with Crippen LogP contribution in [0.5, 0.6) is 17.4 Å². The number of ketones is 1. The van der Waals surface area contributed by atoms with Crippen LogP contribution in [0.25, 0.3) is 6.08 Å². The molecule has 0 saturated carbocycles. The number of ether oxygens (including phenoxy) is 2. The molecule has 0 N–H and O–H groups in total. The number of nitro groups is 1. The van der Waals surface area contributed by atoms with Crippen molar-refractivity contribution in [1.29, 1.82) is 0 Å². The van der Waals surface area contributed by atoms with E-state index in [9.17, 15) is 28.9 Å². The lowest BCUT2D eigenvalue weighted by molar-refractivity contribution is -0.384. The van der Waals surface area contributed by atoms with E-state index in [1.165, 1.54) is 30.3 Å². The summed E-state index contributed by atoms with van der Waals surface area (Å²) in [5.41, 5.74) is 0.399. The highest BCUT2D eigenvalue weighted by Crippen LogP contribution is 2.36. The van der Waals surface area contributed by atoms with Crippen molar-refractivity contribution >= 4 is 52.1 Å². The minimum Gasteiger partial charge on any atom is -0.490 e. The Kier molecular flexibility index (Phi) is 7.98. The zero-order valence-electron chi connectivity index (χ0n) is 19.4. The van der Waals surface area contributed by atoms with E-state index in [4.69, 9.17) is 21.1 Å². The van der Waals surface area contributed by atoms with E-state index >= 15 is 0 Å². The summed E-state index contributed by atoms with van der Waals surface area (Å²) in [6, 6.07) is 9.39. The van der Waals surface area contributed by atoms with Crippen molar-refractivity contribution in [3.8, 4) is 17.4 Å². The van der Waals surface area contributed by atoms with Gasteiger partial charge < -0.3 is 9.47 Å². The topological polar surface area (TPSA) is 142 Å². The lowest BCUT2D eigenvalue weighted by Crippen LogP contribution is -2.33. The molecule has 1 aliphatic heterocycles. The van der Waals surface area contributed by atoms with Crippen LogP contribution >= 0.6 is 23.4 Å². The van der Waals surface area contributed by atoms with Crippen LogP contribution in [0.15, 0.2) is 53.6 Å². The quantitative estimate of drug-likeness (QED) is 0.112. The first-order chi connectivity index (χ1) is 18.2. The van der Waals surface area contributed by atoms with E-state index in [2.05, 4.69) is 9.97 Å². The smallest absolute Gasteiger partial charge is 0.293 e. The predicted molar refractivity (Wildman–Crippen MR) is 135 cm³/mol. The summed E-state index contributed by atoms with van der Waals surface area (Å²) in [6.07, 6.45) is 2.30. The molecular weight excluding hydrogens is 543 g/mol. The molecule has 38 heavy (non-hydrogen) atoms. The first kappa shape index (κ1) is 26.7. The minimum absolute atomic E-state index is 0.0660. The van der Waals surface area contributed by atoms with Crippen LogP contribution in [0.4, 0.5) is 14.9 Å². The van der Waals surface area contributed by atoms with Crippen LogP contribution in [-0.4, -0.2) is 49.9 Å². The maximum Gasteiger partial charge on any atom is 0.293 e. The second-order valence-corrected chi connectivity index (χ2v) is 8.86. The summed E-state index contributed by atoms with van der Waals surface area (Å²) in [4.78, 5) is 56.2. The molecule has 0 bridgehead atoms. The van der Waals surface area contributed by atoms with Crippen molar-refractivity contribution in [1.82, 2.24) is 14.9 Å². The average Bonchev–Trinajstić information content (AvgIpc) is 3.15. The Hall–Kier alpha value is -4.36. The van der Waals surface area contributed by atoms with E-state index in [1.807, 2.05) is 0 Å². The molecular formula is C24H16ClFN4O7S. The monoisotopic (exact) mass is 558 g/mol. The van der Waals surface area contributed by atoms with Crippen LogP contribution in [0.3, 0.4) is 0 Å². The zero-order chi connectivity index (χ0) is 27.4. The number of nitro benzene ring substituents is 1.